The Morgan fingerprint density at radius 3 is 2.78 bits per heavy atom. The predicted molar refractivity (Wildman–Crippen MR) is 113 cm³/mol. The number of hydrogen-bond donors (Lipinski definition) is 0. The maximum atomic E-state index is 5.49. The normalized spacial score (nSPS) is 13.1. The average Bonchev–Trinajstić information content (AvgIpc) is 3.42. The summed E-state index contributed by atoms with van der Waals surface area (Å²) in [7, 11) is 0. The molecule has 5 heteroatoms. The lowest BCUT2D eigenvalue weighted by molar-refractivity contribution is -0.665. The Hall–Kier alpha value is -2.63. The van der Waals surface area contributed by atoms with E-state index in [-0.39, 0.29) is 0 Å². The standard InChI is InChI=1S/C22H18NO2S2/c1-2-23-17-5-3-4-6-21(17)27-22(23)12-9-16-8-11-20(26-16)15-7-10-18-19(13-15)25-14-24-18/h3-13H,2,14H2,1H3/q+1/b12-9+. The van der Waals surface area contributed by atoms with E-state index in [1.165, 1.54) is 25.0 Å². The van der Waals surface area contributed by atoms with Crippen molar-refractivity contribution in [3.63, 3.8) is 0 Å². The Morgan fingerprint density at radius 2 is 1.85 bits per heavy atom. The van der Waals surface area contributed by atoms with E-state index >= 15 is 0 Å². The summed E-state index contributed by atoms with van der Waals surface area (Å²) >= 11 is 3.62. The van der Waals surface area contributed by atoms with Crippen LogP contribution in [0.3, 0.4) is 0 Å². The number of rotatable bonds is 4. The molecule has 134 valence electrons. The Bertz CT molecular complexity index is 1160. The molecular weight excluding hydrogens is 374 g/mol. The third-order valence-electron chi connectivity index (χ3n) is 4.63. The van der Waals surface area contributed by atoms with Gasteiger partial charge in [0.05, 0.1) is 0 Å². The van der Waals surface area contributed by atoms with Gasteiger partial charge in [0.1, 0.15) is 11.2 Å². The molecule has 0 aliphatic carbocycles. The maximum absolute atomic E-state index is 5.49. The molecule has 0 bridgehead atoms. The van der Waals surface area contributed by atoms with Gasteiger partial charge in [-0.15, -0.1) is 11.3 Å². The highest BCUT2D eigenvalue weighted by Gasteiger charge is 2.16. The van der Waals surface area contributed by atoms with Gasteiger partial charge in [0.2, 0.25) is 12.3 Å². The van der Waals surface area contributed by atoms with Crippen molar-refractivity contribution in [3.05, 3.63) is 64.5 Å². The van der Waals surface area contributed by atoms with Crippen molar-refractivity contribution in [2.45, 2.75) is 13.5 Å². The minimum absolute atomic E-state index is 0.309. The molecule has 3 nitrogen and oxygen atoms in total. The molecule has 0 saturated carbocycles. The molecule has 0 radical (unpaired) electrons. The van der Waals surface area contributed by atoms with Crippen molar-refractivity contribution in [2.75, 3.05) is 6.79 Å². The molecule has 2 aromatic heterocycles. The minimum Gasteiger partial charge on any atom is -0.454 e. The highest BCUT2D eigenvalue weighted by Crippen LogP contribution is 2.38. The first kappa shape index (κ1) is 16.5. The Kier molecular flexibility index (Phi) is 4.19. The summed E-state index contributed by atoms with van der Waals surface area (Å²) < 4.78 is 14.6. The fourth-order valence-corrected chi connectivity index (χ4v) is 5.34. The summed E-state index contributed by atoms with van der Waals surface area (Å²) in [5.74, 6) is 1.65. The quantitative estimate of drug-likeness (QED) is 0.407. The van der Waals surface area contributed by atoms with Gasteiger partial charge < -0.3 is 9.47 Å². The molecule has 3 heterocycles. The molecule has 0 N–H and O–H groups in total. The predicted octanol–water partition coefficient (Wildman–Crippen LogP) is 5.84. The van der Waals surface area contributed by atoms with Gasteiger partial charge in [-0.3, -0.25) is 0 Å². The molecule has 5 rings (SSSR count). The lowest BCUT2D eigenvalue weighted by atomic mass is 10.1. The lowest BCUT2D eigenvalue weighted by Crippen LogP contribution is -2.33. The third kappa shape index (κ3) is 3.03. The zero-order chi connectivity index (χ0) is 18.2. The van der Waals surface area contributed by atoms with E-state index in [9.17, 15) is 0 Å². The largest absolute Gasteiger partial charge is 0.454 e. The van der Waals surface area contributed by atoms with Gasteiger partial charge in [0, 0.05) is 21.9 Å². The van der Waals surface area contributed by atoms with Crippen LogP contribution >= 0.6 is 22.7 Å². The smallest absolute Gasteiger partial charge is 0.262 e. The van der Waals surface area contributed by atoms with Gasteiger partial charge >= 0.3 is 0 Å². The van der Waals surface area contributed by atoms with E-state index in [1.54, 1.807) is 11.3 Å². The van der Waals surface area contributed by atoms with Crippen LogP contribution in [0.1, 0.15) is 16.8 Å². The Balaban J connectivity index is 1.44. The number of ether oxygens (including phenoxy) is 2. The summed E-state index contributed by atoms with van der Waals surface area (Å²) in [5, 5.41) is 1.27. The number of nitrogens with zero attached hydrogens (tertiary/aromatic N) is 1. The van der Waals surface area contributed by atoms with Crippen LogP contribution in [-0.2, 0) is 6.54 Å². The second-order valence-corrected chi connectivity index (χ2v) is 8.43. The van der Waals surface area contributed by atoms with Crippen LogP contribution in [0, 0.1) is 0 Å². The molecule has 0 spiro atoms. The number of hydrogen-bond acceptors (Lipinski definition) is 4. The van der Waals surface area contributed by atoms with Crippen LogP contribution in [0.25, 0.3) is 32.8 Å². The molecule has 0 fully saturated rings. The van der Waals surface area contributed by atoms with Crippen molar-refractivity contribution in [1.82, 2.24) is 0 Å². The highest BCUT2D eigenvalue weighted by molar-refractivity contribution is 7.19. The summed E-state index contributed by atoms with van der Waals surface area (Å²) in [5.41, 5.74) is 2.46. The Labute approximate surface area is 165 Å². The summed E-state index contributed by atoms with van der Waals surface area (Å²) in [6, 6.07) is 19.0. The van der Waals surface area contributed by atoms with Gasteiger partial charge in [0.15, 0.2) is 11.5 Å². The number of para-hydroxylation sites is 1. The fraction of sp³-hybridized carbons (Fsp3) is 0.136. The Morgan fingerprint density at radius 1 is 0.963 bits per heavy atom. The van der Waals surface area contributed by atoms with Gasteiger partial charge in [-0.2, -0.15) is 4.57 Å². The van der Waals surface area contributed by atoms with Crippen molar-refractivity contribution in [3.8, 4) is 21.9 Å². The number of benzene rings is 2. The van der Waals surface area contributed by atoms with Crippen LogP contribution in [0.5, 0.6) is 11.5 Å². The number of fused-ring (bicyclic) bond motifs is 2. The van der Waals surface area contributed by atoms with E-state index in [0.717, 1.165) is 23.6 Å². The summed E-state index contributed by atoms with van der Waals surface area (Å²) in [6.45, 7) is 3.47. The van der Waals surface area contributed by atoms with Gasteiger partial charge in [-0.1, -0.05) is 23.5 Å². The van der Waals surface area contributed by atoms with Gasteiger partial charge in [-0.25, -0.2) is 0 Å². The first-order valence-corrected chi connectivity index (χ1v) is 10.5. The van der Waals surface area contributed by atoms with Crippen LogP contribution in [0.4, 0.5) is 0 Å². The monoisotopic (exact) mass is 392 g/mol. The molecule has 0 unspecified atom stereocenters. The molecule has 1 aliphatic rings. The number of aromatic nitrogens is 1. The molecule has 27 heavy (non-hydrogen) atoms. The molecule has 1 aliphatic heterocycles. The molecule has 0 atom stereocenters. The van der Waals surface area contributed by atoms with E-state index in [2.05, 4.69) is 72.2 Å². The second-order valence-electron chi connectivity index (χ2n) is 6.26. The lowest BCUT2D eigenvalue weighted by Gasteiger charge is -1.99. The zero-order valence-electron chi connectivity index (χ0n) is 14.8. The van der Waals surface area contributed by atoms with Crippen molar-refractivity contribution < 1.29 is 14.0 Å². The third-order valence-corrected chi connectivity index (χ3v) is 6.86. The van der Waals surface area contributed by atoms with Crippen molar-refractivity contribution in [1.29, 1.82) is 0 Å². The molecule has 0 saturated heterocycles. The van der Waals surface area contributed by atoms with Crippen molar-refractivity contribution in [2.24, 2.45) is 0 Å². The SMILES string of the molecule is CC[n+]1c(/C=C/c2ccc(-c3ccc4c(c3)OCO4)s2)sc2ccccc21. The molecule has 0 amide bonds. The van der Waals surface area contributed by atoms with Crippen LogP contribution in [0.15, 0.2) is 54.6 Å². The van der Waals surface area contributed by atoms with E-state index in [4.69, 9.17) is 9.47 Å². The topological polar surface area (TPSA) is 22.3 Å². The van der Waals surface area contributed by atoms with Gasteiger partial charge in [0.25, 0.3) is 5.01 Å². The second kappa shape index (κ2) is 6.83. The van der Waals surface area contributed by atoms with Crippen molar-refractivity contribution >= 4 is 45.0 Å². The summed E-state index contributed by atoms with van der Waals surface area (Å²) in [6.07, 6.45) is 4.43. The fourth-order valence-electron chi connectivity index (χ4n) is 3.30. The average molecular weight is 393 g/mol. The van der Waals surface area contributed by atoms with Crippen LogP contribution in [0.2, 0.25) is 0 Å². The van der Waals surface area contributed by atoms with E-state index in [1.807, 2.05) is 17.4 Å². The molecular formula is C22H18NO2S2+. The minimum atomic E-state index is 0.309. The number of thiazole rings is 1. The number of thiophene rings is 1. The van der Waals surface area contributed by atoms with Crippen LogP contribution in [-0.4, -0.2) is 6.79 Å². The van der Waals surface area contributed by atoms with E-state index < -0.39 is 0 Å². The molecule has 2 aromatic carbocycles. The molecule has 4 aromatic rings. The van der Waals surface area contributed by atoms with Gasteiger partial charge in [-0.05, 0) is 55.0 Å². The maximum Gasteiger partial charge on any atom is 0.262 e. The highest BCUT2D eigenvalue weighted by atomic mass is 32.1. The van der Waals surface area contributed by atoms with E-state index in [0.29, 0.717) is 6.79 Å². The van der Waals surface area contributed by atoms with Crippen LogP contribution < -0.4 is 14.0 Å². The zero-order valence-corrected chi connectivity index (χ0v) is 16.5. The number of aryl methyl sites for hydroxylation is 1. The first-order valence-electron chi connectivity index (χ1n) is 8.91. The summed E-state index contributed by atoms with van der Waals surface area (Å²) in [4.78, 5) is 2.47. The first-order chi connectivity index (χ1) is 13.3.